The van der Waals surface area contributed by atoms with E-state index in [1.54, 1.807) is 0 Å². The zero-order valence-corrected chi connectivity index (χ0v) is 8.96. The monoisotopic (exact) mass is 231 g/mol. The maximum Gasteiger partial charge on any atom is 0.237 e. The van der Waals surface area contributed by atoms with Gasteiger partial charge in [-0.1, -0.05) is 5.16 Å². The molecule has 1 atom stereocenters. The van der Waals surface area contributed by atoms with Gasteiger partial charge in [0.1, 0.15) is 12.0 Å². The van der Waals surface area contributed by atoms with E-state index in [0.29, 0.717) is 18.7 Å². The third kappa shape index (κ3) is 2.48. The molecule has 2 rings (SSSR count). The minimum Gasteiger partial charge on any atom is -0.362 e. The zero-order valence-electron chi connectivity index (χ0n) is 8.14. The standard InChI is InChI=1S/C8H13N3O3S/c12-15(13,8-2-1-3-9-5-8)11-7-4-10-14-6-7/h4,6,8-9,11H,1-3,5H2. The molecular formula is C8H13N3O3S. The minimum absolute atomic E-state index is 0.374. The molecule has 84 valence electrons. The Labute approximate surface area is 88.1 Å². The van der Waals surface area contributed by atoms with Gasteiger partial charge in [-0.15, -0.1) is 0 Å². The second kappa shape index (κ2) is 4.19. The molecule has 1 unspecified atom stereocenters. The van der Waals surface area contributed by atoms with E-state index in [2.05, 4.69) is 19.7 Å². The van der Waals surface area contributed by atoms with Gasteiger partial charge in [0.2, 0.25) is 10.0 Å². The van der Waals surface area contributed by atoms with Gasteiger partial charge in [-0.2, -0.15) is 0 Å². The Morgan fingerprint density at radius 2 is 2.47 bits per heavy atom. The smallest absolute Gasteiger partial charge is 0.237 e. The van der Waals surface area contributed by atoms with Crippen molar-refractivity contribution in [1.82, 2.24) is 10.5 Å². The van der Waals surface area contributed by atoms with Crippen LogP contribution in [0.4, 0.5) is 5.69 Å². The molecule has 7 heteroatoms. The van der Waals surface area contributed by atoms with Crippen molar-refractivity contribution in [3.63, 3.8) is 0 Å². The van der Waals surface area contributed by atoms with Crippen LogP contribution in [-0.4, -0.2) is 31.9 Å². The van der Waals surface area contributed by atoms with Crippen molar-refractivity contribution < 1.29 is 12.9 Å². The van der Waals surface area contributed by atoms with Crippen molar-refractivity contribution in [1.29, 1.82) is 0 Å². The van der Waals surface area contributed by atoms with Gasteiger partial charge in [-0.05, 0) is 19.4 Å². The van der Waals surface area contributed by atoms with Crippen LogP contribution in [0.15, 0.2) is 17.0 Å². The largest absolute Gasteiger partial charge is 0.362 e. The second-order valence-corrected chi connectivity index (χ2v) is 5.49. The number of aromatic nitrogens is 1. The Morgan fingerprint density at radius 1 is 1.60 bits per heavy atom. The van der Waals surface area contributed by atoms with Gasteiger partial charge in [0.05, 0.1) is 11.4 Å². The summed E-state index contributed by atoms with van der Waals surface area (Å²) in [6.45, 7) is 1.39. The lowest BCUT2D eigenvalue weighted by molar-refractivity contribution is 0.420. The zero-order chi connectivity index (χ0) is 10.7. The third-order valence-corrected chi connectivity index (χ3v) is 4.18. The number of nitrogens with zero attached hydrogens (tertiary/aromatic N) is 1. The van der Waals surface area contributed by atoms with E-state index >= 15 is 0 Å². The fraction of sp³-hybridized carbons (Fsp3) is 0.625. The fourth-order valence-electron chi connectivity index (χ4n) is 1.59. The molecule has 0 amide bonds. The van der Waals surface area contributed by atoms with Crippen molar-refractivity contribution in [2.24, 2.45) is 0 Å². The molecule has 2 heterocycles. The molecule has 1 aromatic rings. The second-order valence-electron chi connectivity index (χ2n) is 3.53. The third-order valence-electron chi connectivity index (χ3n) is 2.38. The van der Waals surface area contributed by atoms with E-state index in [1.165, 1.54) is 12.5 Å². The number of rotatable bonds is 3. The average molecular weight is 231 g/mol. The number of anilines is 1. The number of hydrogen-bond donors (Lipinski definition) is 2. The van der Waals surface area contributed by atoms with E-state index in [0.717, 1.165) is 13.0 Å². The first-order valence-corrected chi connectivity index (χ1v) is 6.35. The highest BCUT2D eigenvalue weighted by molar-refractivity contribution is 7.93. The Balaban J connectivity index is 2.05. The highest BCUT2D eigenvalue weighted by Gasteiger charge is 2.27. The molecule has 1 fully saturated rings. The molecule has 0 spiro atoms. The van der Waals surface area contributed by atoms with E-state index in [4.69, 9.17) is 0 Å². The van der Waals surface area contributed by atoms with Gasteiger partial charge in [0.15, 0.2) is 0 Å². The van der Waals surface area contributed by atoms with E-state index in [1.807, 2.05) is 0 Å². The highest BCUT2D eigenvalue weighted by atomic mass is 32.2. The van der Waals surface area contributed by atoms with Gasteiger partial charge in [0, 0.05) is 6.54 Å². The topological polar surface area (TPSA) is 84.2 Å². The van der Waals surface area contributed by atoms with Crippen LogP contribution in [0.5, 0.6) is 0 Å². The molecule has 0 aliphatic carbocycles. The van der Waals surface area contributed by atoms with Crippen molar-refractivity contribution in [2.75, 3.05) is 17.8 Å². The number of piperidine rings is 1. The predicted molar refractivity (Wildman–Crippen MR) is 54.9 cm³/mol. The van der Waals surface area contributed by atoms with Gasteiger partial charge in [-0.3, -0.25) is 4.72 Å². The van der Waals surface area contributed by atoms with Crippen LogP contribution in [-0.2, 0) is 10.0 Å². The summed E-state index contributed by atoms with van der Waals surface area (Å²) >= 11 is 0. The molecule has 15 heavy (non-hydrogen) atoms. The lowest BCUT2D eigenvalue weighted by Crippen LogP contribution is -2.41. The molecular weight excluding hydrogens is 218 g/mol. The maximum atomic E-state index is 11.8. The van der Waals surface area contributed by atoms with Crippen molar-refractivity contribution in [3.8, 4) is 0 Å². The summed E-state index contributed by atoms with van der Waals surface area (Å²) in [5.74, 6) is 0. The Hall–Kier alpha value is -1.08. The summed E-state index contributed by atoms with van der Waals surface area (Å²) < 4.78 is 30.7. The molecule has 1 aliphatic heterocycles. The number of nitrogens with one attached hydrogen (secondary N) is 2. The molecule has 2 N–H and O–H groups in total. The number of hydrogen-bond acceptors (Lipinski definition) is 5. The first kappa shape index (κ1) is 10.4. The van der Waals surface area contributed by atoms with Crippen molar-refractivity contribution >= 4 is 15.7 Å². The van der Waals surface area contributed by atoms with E-state index < -0.39 is 10.0 Å². The fourth-order valence-corrected chi connectivity index (χ4v) is 3.00. The summed E-state index contributed by atoms with van der Waals surface area (Å²) in [6.07, 6.45) is 4.18. The summed E-state index contributed by atoms with van der Waals surface area (Å²) in [5.41, 5.74) is 0.376. The number of sulfonamides is 1. The van der Waals surface area contributed by atoms with Gasteiger partial charge in [0.25, 0.3) is 0 Å². The Morgan fingerprint density at radius 3 is 3.07 bits per heavy atom. The summed E-state index contributed by atoms with van der Waals surface area (Å²) in [6, 6.07) is 0. The molecule has 0 radical (unpaired) electrons. The van der Waals surface area contributed by atoms with Gasteiger partial charge >= 0.3 is 0 Å². The highest BCUT2D eigenvalue weighted by Crippen LogP contribution is 2.15. The molecule has 0 bridgehead atoms. The van der Waals surface area contributed by atoms with Crippen LogP contribution in [0, 0.1) is 0 Å². The van der Waals surface area contributed by atoms with Crippen molar-refractivity contribution in [2.45, 2.75) is 18.1 Å². The predicted octanol–water partition coefficient (Wildman–Crippen LogP) is 0.168. The maximum absolute atomic E-state index is 11.8. The van der Waals surface area contributed by atoms with Crippen LogP contribution < -0.4 is 10.0 Å². The molecule has 0 saturated carbocycles. The normalized spacial score (nSPS) is 22.5. The van der Waals surface area contributed by atoms with Crippen LogP contribution in [0.3, 0.4) is 0 Å². The molecule has 1 saturated heterocycles. The van der Waals surface area contributed by atoms with Crippen LogP contribution in [0.1, 0.15) is 12.8 Å². The molecule has 6 nitrogen and oxygen atoms in total. The average Bonchev–Trinajstić information content (AvgIpc) is 2.71. The Bertz CT molecular complexity index is 395. The van der Waals surface area contributed by atoms with Crippen molar-refractivity contribution in [3.05, 3.63) is 12.5 Å². The quantitative estimate of drug-likeness (QED) is 0.774. The summed E-state index contributed by atoms with van der Waals surface area (Å²) in [4.78, 5) is 0. The van der Waals surface area contributed by atoms with Gasteiger partial charge < -0.3 is 9.84 Å². The Kier molecular flexibility index (Phi) is 2.92. The van der Waals surface area contributed by atoms with E-state index in [-0.39, 0.29) is 5.25 Å². The SMILES string of the molecule is O=S(=O)(Nc1cnoc1)C1CCCNC1. The molecule has 1 aromatic heterocycles. The first-order valence-electron chi connectivity index (χ1n) is 4.80. The first-order chi connectivity index (χ1) is 7.18. The van der Waals surface area contributed by atoms with Crippen LogP contribution in [0.2, 0.25) is 0 Å². The summed E-state index contributed by atoms with van der Waals surface area (Å²) in [7, 11) is -3.32. The lowest BCUT2D eigenvalue weighted by Gasteiger charge is -2.22. The summed E-state index contributed by atoms with van der Waals surface area (Å²) in [5, 5.41) is 6.12. The minimum atomic E-state index is -3.32. The molecule has 1 aliphatic rings. The molecule has 0 aromatic carbocycles. The lowest BCUT2D eigenvalue weighted by atomic mass is 10.2. The van der Waals surface area contributed by atoms with Gasteiger partial charge in [-0.25, -0.2) is 8.42 Å². The van der Waals surface area contributed by atoms with Crippen LogP contribution >= 0.6 is 0 Å². The van der Waals surface area contributed by atoms with Crippen LogP contribution in [0.25, 0.3) is 0 Å². The van der Waals surface area contributed by atoms with E-state index in [9.17, 15) is 8.42 Å².